The van der Waals surface area contributed by atoms with Crippen molar-refractivity contribution in [1.29, 1.82) is 0 Å². The van der Waals surface area contributed by atoms with Gasteiger partial charge in [0.1, 0.15) is 12.3 Å². The van der Waals surface area contributed by atoms with E-state index in [0.29, 0.717) is 6.61 Å². The van der Waals surface area contributed by atoms with Gasteiger partial charge in [0.25, 0.3) is 0 Å². The highest BCUT2D eigenvalue weighted by atomic mass is 32.2. The average molecular weight is 283 g/mol. The van der Waals surface area contributed by atoms with Crippen LogP contribution >= 0.6 is 11.8 Å². The minimum Gasteiger partial charge on any atom is -0.494 e. The molecule has 1 aromatic rings. The van der Waals surface area contributed by atoms with Gasteiger partial charge in [-0.3, -0.25) is 9.59 Å². The number of benzene rings is 1. The Morgan fingerprint density at radius 1 is 1.26 bits per heavy atom. The molecule has 104 valence electrons. The zero-order valence-corrected chi connectivity index (χ0v) is 11.8. The fourth-order valence-corrected chi connectivity index (χ4v) is 1.97. The van der Waals surface area contributed by atoms with Gasteiger partial charge in [0.15, 0.2) is 0 Å². The molecule has 0 fully saturated rings. The van der Waals surface area contributed by atoms with E-state index in [4.69, 9.17) is 4.74 Å². The lowest BCUT2D eigenvalue weighted by Crippen LogP contribution is -2.31. The van der Waals surface area contributed by atoms with Crippen LogP contribution in [0.3, 0.4) is 0 Å². The predicted molar refractivity (Wildman–Crippen MR) is 73.4 cm³/mol. The summed E-state index contributed by atoms with van der Waals surface area (Å²) in [6, 6.07) is 7.50. The third-order valence-corrected chi connectivity index (χ3v) is 3.17. The van der Waals surface area contributed by atoms with Crippen LogP contribution in [0.1, 0.15) is 6.92 Å². The molecule has 19 heavy (non-hydrogen) atoms. The summed E-state index contributed by atoms with van der Waals surface area (Å²) in [4.78, 5) is 23.2. The molecular weight excluding hydrogens is 266 g/mol. The first kappa shape index (κ1) is 15.4. The Morgan fingerprint density at radius 3 is 2.53 bits per heavy atom. The largest absolute Gasteiger partial charge is 0.494 e. The van der Waals surface area contributed by atoms with Crippen LogP contribution in [-0.4, -0.2) is 37.9 Å². The van der Waals surface area contributed by atoms with Crippen LogP contribution in [-0.2, 0) is 14.3 Å². The first-order valence-corrected chi connectivity index (χ1v) is 6.83. The van der Waals surface area contributed by atoms with E-state index >= 15 is 0 Å². The number of thioether (sulfide) groups is 1. The number of hydrogen-bond acceptors (Lipinski definition) is 5. The number of carbonyl (C=O) groups is 2. The smallest absolute Gasteiger partial charge is 0.325 e. The molecule has 0 spiro atoms. The Labute approximate surface area is 116 Å². The molecule has 1 aromatic carbocycles. The van der Waals surface area contributed by atoms with Crippen molar-refractivity contribution in [2.45, 2.75) is 11.8 Å². The van der Waals surface area contributed by atoms with Gasteiger partial charge in [-0.05, 0) is 31.2 Å². The molecule has 1 N–H and O–H groups in total. The van der Waals surface area contributed by atoms with Crippen LogP contribution in [0.4, 0.5) is 0 Å². The molecule has 0 radical (unpaired) electrons. The van der Waals surface area contributed by atoms with Crippen LogP contribution in [0.15, 0.2) is 29.2 Å². The second-order valence-electron chi connectivity index (χ2n) is 3.55. The van der Waals surface area contributed by atoms with Gasteiger partial charge >= 0.3 is 5.97 Å². The molecule has 0 bridgehead atoms. The summed E-state index contributed by atoms with van der Waals surface area (Å²) in [7, 11) is 1.28. The lowest BCUT2D eigenvalue weighted by molar-refractivity contribution is -0.140. The van der Waals surface area contributed by atoms with Gasteiger partial charge in [-0.2, -0.15) is 0 Å². The Balaban J connectivity index is 2.31. The molecule has 0 atom stereocenters. The van der Waals surface area contributed by atoms with Crippen LogP contribution < -0.4 is 10.1 Å². The maximum atomic E-state index is 11.4. The van der Waals surface area contributed by atoms with Crippen LogP contribution in [0.2, 0.25) is 0 Å². The van der Waals surface area contributed by atoms with Crippen LogP contribution in [0.5, 0.6) is 5.75 Å². The number of ether oxygens (including phenoxy) is 2. The summed E-state index contributed by atoms with van der Waals surface area (Å²) in [6.45, 7) is 2.45. The summed E-state index contributed by atoms with van der Waals surface area (Å²) in [5.41, 5.74) is 0. The SMILES string of the molecule is CCOc1ccc(SCC(=O)NCC(=O)OC)cc1. The van der Waals surface area contributed by atoms with E-state index in [-0.39, 0.29) is 18.2 Å². The molecule has 1 rings (SSSR count). The van der Waals surface area contributed by atoms with Crippen molar-refractivity contribution in [3.63, 3.8) is 0 Å². The van der Waals surface area contributed by atoms with E-state index in [9.17, 15) is 9.59 Å². The zero-order valence-electron chi connectivity index (χ0n) is 11.0. The van der Waals surface area contributed by atoms with E-state index < -0.39 is 5.97 Å². The number of methoxy groups -OCH3 is 1. The number of esters is 1. The maximum absolute atomic E-state index is 11.4. The monoisotopic (exact) mass is 283 g/mol. The summed E-state index contributed by atoms with van der Waals surface area (Å²) in [5, 5.41) is 2.48. The van der Waals surface area contributed by atoms with Gasteiger partial charge in [-0.15, -0.1) is 11.8 Å². The quantitative estimate of drug-likeness (QED) is 0.606. The highest BCUT2D eigenvalue weighted by Gasteiger charge is 2.06. The van der Waals surface area contributed by atoms with Crippen molar-refractivity contribution in [3.8, 4) is 5.75 Å². The van der Waals surface area contributed by atoms with Crippen molar-refractivity contribution >= 4 is 23.6 Å². The molecule has 0 unspecified atom stereocenters. The van der Waals surface area contributed by atoms with Gasteiger partial charge in [-0.25, -0.2) is 0 Å². The molecule has 5 nitrogen and oxygen atoms in total. The Morgan fingerprint density at radius 2 is 1.95 bits per heavy atom. The van der Waals surface area contributed by atoms with E-state index in [0.717, 1.165) is 10.6 Å². The second kappa shape index (κ2) is 8.42. The highest BCUT2D eigenvalue weighted by Crippen LogP contribution is 2.21. The molecule has 1 amide bonds. The molecule has 0 aliphatic heterocycles. The van der Waals surface area contributed by atoms with Crippen molar-refractivity contribution < 1.29 is 19.1 Å². The molecule has 0 saturated heterocycles. The lowest BCUT2D eigenvalue weighted by Gasteiger charge is -2.05. The molecule has 0 aliphatic carbocycles. The lowest BCUT2D eigenvalue weighted by atomic mass is 10.3. The van der Waals surface area contributed by atoms with E-state index in [1.807, 2.05) is 31.2 Å². The molecule has 0 aromatic heterocycles. The Bertz CT molecular complexity index is 419. The second-order valence-corrected chi connectivity index (χ2v) is 4.59. The van der Waals surface area contributed by atoms with E-state index in [1.165, 1.54) is 18.9 Å². The van der Waals surface area contributed by atoms with E-state index in [1.54, 1.807) is 0 Å². The fraction of sp³-hybridized carbons (Fsp3) is 0.385. The summed E-state index contributed by atoms with van der Waals surface area (Å²) in [6.07, 6.45) is 0. The van der Waals surface area contributed by atoms with Gasteiger partial charge < -0.3 is 14.8 Å². The van der Waals surface area contributed by atoms with Gasteiger partial charge in [0, 0.05) is 4.90 Å². The predicted octanol–water partition coefficient (Wildman–Crippen LogP) is 1.47. The topological polar surface area (TPSA) is 64.6 Å². The number of hydrogen-bond donors (Lipinski definition) is 1. The number of rotatable bonds is 7. The van der Waals surface area contributed by atoms with Gasteiger partial charge in [0.05, 0.1) is 19.5 Å². The number of carbonyl (C=O) groups excluding carboxylic acids is 2. The highest BCUT2D eigenvalue weighted by molar-refractivity contribution is 8.00. The van der Waals surface area contributed by atoms with Crippen molar-refractivity contribution in [1.82, 2.24) is 5.32 Å². The average Bonchev–Trinajstić information content (AvgIpc) is 2.44. The molecule has 6 heteroatoms. The molecule has 0 aliphatic rings. The fourth-order valence-electron chi connectivity index (χ4n) is 1.24. The number of nitrogens with one attached hydrogen (secondary N) is 1. The maximum Gasteiger partial charge on any atom is 0.325 e. The number of amides is 1. The first-order valence-electron chi connectivity index (χ1n) is 5.85. The normalized spacial score (nSPS) is 9.79. The van der Waals surface area contributed by atoms with Crippen LogP contribution in [0.25, 0.3) is 0 Å². The minimum atomic E-state index is -0.459. The minimum absolute atomic E-state index is 0.0980. The van der Waals surface area contributed by atoms with Crippen molar-refractivity contribution in [2.75, 3.05) is 26.0 Å². The van der Waals surface area contributed by atoms with E-state index in [2.05, 4.69) is 10.1 Å². The van der Waals surface area contributed by atoms with Gasteiger partial charge in [-0.1, -0.05) is 0 Å². The summed E-state index contributed by atoms with van der Waals surface area (Å²) >= 11 is 1.39. The Kier molecular flexibility index (Phi) is 6.81. The standard InChI is InChI=1S/C13H17NO4S/c1-3-18-10-4-6-11(7-5-10)19-9-12(15)14-8-13(16)17-2/h4-7H,3,8-9H2,1-2H3,(H,14,15). The van der Waals surface area contributed by atoms with Crippen molar-refractivity contribution in [3.05, 3.63) is 24.3 Å². The molecule has 0 heterocycles. The van der Waals surface area contributed by atoms with Crippen molar-refractivity contribution in [2.24, 2.45) is 0 Å². The van der Waals surface area contributed by atoms with Gasteiger partial charge in [0.2, 0.25) is 5.91 Å². The zero-order chi connectivity index (χ0) is 14.1. The third-order valence-electron chi connectivity index (χ3n) is 2.16. The summed E-state index contributed by atoms with van der Waals surface area (Å²) < 4.78 is 9.75. The Hall–Kier alpha value is -1.69. The molecular formula is C13H17NO4S. The van der Waals surface area contributed by atoms with Crippen LogP contribution in [0, 0.1) is 0 Å². The molecule has 0 saturated carbocycles. The third kappa shape index (κ3) is 6.15. The summed E-state index contributed by atoms with van der Waals surface area (Å²) in [5.74, 6) is 0.399. The first-order chi connectivity index (χ1) is 9.15.